The number of rotatable bonds is 5. The fraction of sp³-hybridized carbons (Fsp3) is 0.450. The third-order valence-corrected chi connectivity index (χ3v) is 4.78. The molecule has 25 heavy (non-hydrogen) atoms. The highest BCUT2D eigenvalue weighted by molar-refractivity contribution is 5.91. The Balaban J connectivity index is 2.35. The SMILES string of the molecule is C=CCOc1cc2c(c3oc(=O)cc(CCC)c13)C(O)[C@H](C)[C@@H](C)O2. The fourth-order valence-electron chi connectivity index (χ4n) is 3.32. The molecule has 2 aromatic rings. The minimum absolute atomic E-state index is 0.115. The van der Waals surface area contributed by atoms with Gasteiger partial charge in [-0.1, -0.05) is 32.9 Å². The van der Waals surface area contributed by atoms with Crippen LogP contribution in [0.1, 0.15) is 44.4 Å². The summed E-state index contributed by atoms with van der Waals surface area (Å²) < 4.78 is 17.3. The maximum absolute atomic E-state index is 12.1. The number of aliphatic hydroxyl groups is 1. The van der Waals surface area contributed by atoms with Gasteiger partial charge < -0.3 is 19.0 Å². The molecule has 1 aliphatic heterocycles. The zero-order chi connectivity index (χ0) is 18.1. The average Bonchev–Trinajstić information content (AvgIpc) is 2.57. The van der Waals surface area contributed by atoms with Crippen molar-refractivity contribution in [3.8, 4) is 11.5 Å². The van der Waals surface area contributed by atoms with E-state index in [0.717, 1.165) is 17.4 Å². The van der Waals surface area contributed by atoms with Gasteiger partial charge in [0.25, 0.3) is 0 Å². The van der Waals surface area contributed by atoms with E-state index in [0.29, 0.717) is 35.7 Å². The molecule has 0 radical (unpaired) electrons. The van der Waals surface area contributed by atoms with Crippen molar-refractivity contribution in [1.82, 2.24) is 0 Å². The second kappa shape index (κ2) is 6.92. The van der Waals surface area contributed by atoms with Crippen LogP contribution in [0.5, 0.6) is 11.5 Å². The molecule has 5 nitrogen and oxygen atoms in total. The van der Waals surface area contributed by atoms with Crippen molar-refractivity contribution in [3.05, 3.63) is 46.3 Å². The second-order valence-electron chi connectivity index (χ2n) is 6.56. The lowest BCUT2D eigenvalue weighted by Gasteiger charge is -2.34. The Morgan fingerprint density at radius 1 is 1.36 bits per heavy atom. The maximum Gasteiger partial charge on any atom is 0.336 e. The van der Waals surface area contributed by atoms with Gasteiger partial charge in [0.1, 0.15) is 24.2 Å². The van der Waals surface area contributed by atoms with Crippen LogP contribution in [0.3, 0.4) is 0 Å². The van der Waals surface area contributed by atoms with E-state index in [1.807, 2.05) is 20.8 Å². The van der Waals surface area contributed by atoms with Crippen molar-refractivity contribution in [2.45, 2.75) is 45.8 Å². The lowest BCUT2D eigenvalue weighted by Crippen LogP contribution is -2.32. The molecular weight excluding hydrogens is 320 g/mol. The Morgan fingerprint density at radius 2 is 2.12 bits per heavy atom. The summed E-state index contributed by atoms with van der Waals surface area (Å²) in [4.78, 5) is 12.1. The first-order valence-corrected chi connectivity index (χ1v) is 8.70. The van der Waals surface area contributed by atoms with E-state index in [1.165, 1.54) is 6.07 Å². The van der Waals surface area contributed by atoms with Gasteiger partial charge in [-0.2, -0.15) is 0 Å². The first-order valence-electron chi connectivity index (χ1n) is 8.70. The summed E-state index contributed by atoms with van der Waals surface area (Å²) in [6.45, 7) is 9.88. The highest BCUT2D eigenvalue weighted by Gasteiger charge is 2.35. The van der Waals surface area contributed by atoms with Crippen LogP contribution in [-0.4, -0.2) is 17.8 Å². The van der Waals surface area contributed by atoms with Crippen LogP contribution in [0, 0.1) is 5.92 Å². The quantitative estimate of drug-likeness (QED) is 0.661. The van der Waals surface area contributed by atoms with Crippen molar-refractivity contribution in [2.24, 2.45) is 5.92 Å². The third kappa shape index (κ3) is 3.04. The van der Waals surface area contributed by atoms with Crippen LogP contribution in [0.2, 0.25) is 0 Å². The Morgan fingerprint density at radius 3 is 2.80 bits per heavy atom. The molecular formula is C20H24O5. The molecule has 0 aliphatic carbocycles. The summed E-state index contributed by atoms with van der Waals surface area (Å²) in [5.74, 6) is 0.965. The van der Waals surface area contributed by atoms with Crippen molar-refractivity contribution in [3.63, 3.8) is 0 Å². The van der Waals surface area contributed by atoms with Crippen molar-refractivity contribution in [2.75, 3.05) is 6.61 Å². The lowest BCUT2D eigenvalue weighted by atomic mass is 9.88. The highest BCUT2D eigenvalue weighted by Crippen LogP contribution is 2.46. The van der Waals surface area contributed by atoms with Crippen LogP contribution in [0.25, 0.3) is 11.0 Å². The van der Waals surface area contributed by atoms with Gasteiger partial charge in [-0.3, -0.25) is 0 Å². The number of ether oxygens (including phenoxy) is 2. The molecule has 5 heteroatoms. The van der Waals surface area contributed by atoms with Gasteiger partial charge in [0, 0.05) is 18.1 Å². The van der Waals surface area contributed by atoms with Crippen LogP contribution in [0.4, 0.5) is 0 Å². The van der Waals surface area contributed by atoms with Crippen molar-refractivity contribution < 1.29 is 19.0 Å². The summed E-state index contributed by atoms with van der Waals surface area (Å²) in [7, 11) is 0. The van der Waals surface area contributed by atoms with Gasteiger partial charge in [-0.05, 0) is 18.9 Å². The van der Waals surface area contributed by atoms with Crippen molar-refractivity contribution in [1.29, 1.82) is 0 Å². The molecule has 0 amide bonds. The Bertz CT molecular complexity index is 851. The zero-order valence-corrected chi connectivity index (χ0v) is 14.9. The topological polar surface area (TPSA) is 68.9 Å². The van der Waals surface area contributed by atoms with E-state index in [4.69, 9.17) is 13.9 Å². The molecule has 0 fully saturated rings. The van der Waals surface area contributed by atoms with Gasteiger partial charge >= 0.3 is 5.63 Å². The molecule has 1 unspecified atom stereocenters. The molecule has 1 aromatic heterocycles. The van der Waals surface area contributed by atoms with E-state index < -0.39 is 11.7 Å². The van der Waals surface area contributed by atoms with Gasteiger partial charge in [-0.25, -0.2) is 4.79 Å². The second-order valence-corrected chi connectivity index (χ2v) is 6.56. The fourth-order valence-corrected chi connectivity index (χ4v) is 3.32. The zero-order valence-electron chi connectivity index (χ0n) is 14.9. The predicted octanol–water partition coefficient (Wildman–Crippen LogP) is 3.76. The van der Waals surface area contributed by atoms with Crippen LogP contribution < -0.4 is 15.1 Å². The van der Waals surface area contributed by atoms with Gasteiger partial charge in [0.2, 0.25) is 0 Å². The summed E-state index contributed by atoms with van der Waals surface area (Å²) in [6, 6.07) is 3.28. The minimum Gasteiger partial charge on any atom is -0.490 e. The molecule has 0 spiro atoms. The number of aliphatic hydroxyl groups excluding tert-OH is 1. The highest BCUT2D eigenvalue weighted by atomic mass is 16.5. The first kappa shape index (κ1) is 17.5. The Kier molecular flexibility index (Phi) is 4.86. The summed E-state index contributed by atoms with van der Waals surface area (Å²) in [5, 5.41) is 11.5. The van der Waals surface area contributed by atoms with Gasteiger partial charge in [-0.15, -0.1) is 0 Å². The first-order chi connectivity index (χ1) is 12.0. The predicted molar refractivity (Wildman–Crippen MR) is 96.4 cm³/mol. The number of aryl methyl sites for hydroxylation is 1. The van der Waals surface area contributed by atoms with Gasteiger partial charge in [0.15, 0.2) is 5.58 Å². The maximum atomic E-state index is 12.1. The number of hydrogen-bond acceptors (Lipinski definition) is 5. The van der Waals surface area contributed by atoms with E-state index >= 15 is 0 Å². The molecule has 3 rings (SSSR count). The summed E-state index contributed by atoms with van der Waals surface area (Å²) >= 11 is 0. The third-order valence-electron chi connectivity index (χ3n) is 4.78. The van der Waals surface area contributed by atoms with E-state index in [9.17, 15) is 9.90 Å². The molecule has 1 aromatic carbocycles. The summed E-state index contributed by atoms with van der Waals surface area (Å²) in [5.41, 5.74) is 1.31. The van der Waals surface area contributed by atoms with Crippen molar-refractivity contribution >= 4 is 11.0 Å². The Labute approximate surface area is 146 Å². The van der Waals surface area contributed by atoms with E-state index in [-0.39, 0.29) is 12.0 Å². The molecule has 2 heterocycles. The average molecular weight is 344 g/mol. The normalized spacial score (nSPS) is 22.3. The molecule has 3 atom stereocenters. The minimum atomic E-state index is -0.769. The van der Waals surface area contributed by atoms with Crippen LogP contribution in [-0.2, 0) is 6.42 Å². The monoisotopic (exact) mass is 344 g/mol. The molecule has 0 saturated carbocycles. The Hall–Kier alpha value is -2.27. The van der Waals surface area contributed by atoms with Gasteiger partial charge in [0.05, 0.1) is 17.1 Å². The van der Waals surface area contributed by atoms with E-state index in [2.05, 4.69) is 6.58 Å². The molecule has 1 aliphatic rings. The van der Waals surface area contributed by atoms with Crippen LogP contribution >= 0.6 is 0 Å². The van der Waals surface area contributed by atoms with E-state index in [1.54, 1.807) is 12.1 Å². The lowest BCUT2D eigenvalue weighted by molar-refractivity contribution is 0.0178. The molecule has 0 saturated heterocycles. The number of hydrogen-bond donors (Lipinski definition) is 1. The van der Waals surface area contributed by atoms with Crippen LogP contribution in [0.15, 0.2) is 34.0 Å². The molecule has 1 N–H and O–H groups in total. The number of fused-ring (bicyclic) bond motifs is 3. The largest absolute Gasteiger partial charge is 0.490 e. The standard InChI is InChI=1S/C20H24O5/c1-5-7-13-9-16(21)25-20-17(13)14(23-8-6-2)10-15-18(20)19(22)11(3)12(4)24-15/h6,9-12,19,22H,2,5,7-8H2,1,3-4H3/t11-,12-,19?/m1/s1. The smallest absolute Gasteiger partial charge is 0.336 e. The molecule has 134 valence electrons. The number of benzene rings is 1. The molecule has 0 bridgehead atoms. The summed E-state index contributed by atoms with van der Waals surface area (Å²) in [6.07, 6.45) is 2.33.